The van der Waals surface area contributed by atoms with Gasteiger partial charge in [0, 0.05) is 24.8 Å². The molecule has 2 aromatic rings. The largest absolute Gasteiger partial charge is 0.478 e. The van der Waals surface area contributed by atoms with Crippen LogP contribution in [0, 0.1) is 13.8 Å². The summed E-state index contributed by atoms with van der Waals surface area (Å²) >= 11 is 0. The molecule has 0 unspecified atom stereocenters. The number of hydrogen-bond donors (Lipinski definition) is 1. The average Bonchev–Trinajstić information content (AvgIpc) is 2.71. The van der Waals surface area contributed by atoms with E-state index in [-0.39, 0.29) is 0 Å². The van der Waals surface area contributed by atoms with Gasteiger partial charge in [0.15, 0.2) is 0 Å². The van der Waals surface area contributed by atoms with E-state index in [1.807, 2.05) is 38.7 Å². The standard InChI is InChI=1S/C13H19N5O/c1-5-19-13-9(2)12(15-8-16-13)14-6-11-7-17-18(4)10(11)3/h7-8H,5-6H2,1-4H3,(H,14,15,16). The second-order valence-corrected chi connectivity index (χ2v) is 4.32. The van der Waals surface area contributed by atoms with Crippen LogP contribution in [0.4, 0.5) is 5.82 Å². The third-order valence-electron chi connectivity index (χ3n) is 3.10. The van der Waals surface area contributed by atoms with E-state index in [2.05, 4.69) is 20.4 Å². The molecule has 0 atom stereocenters. The molecule has 19 heavy (non-hydrogen) atoms. The summed E-state index contributed by atoms with van der Waals surface area (Å²) in [6.07, 6.45) is 3.37. The van der Waals surface area contributed by atoms with Gasteiger partial charge in [0.1, 0.15) is 12.1 Å². The molecule has 0 saturated carbocycles. The molecule has 2 rings (SSSR count). The smallest absolute Gasteiger partial charge is 0.221 e. The molecule has 102 valence electrons. The minimum Gasteiger partial charge on any atom is -0.478 e. The first-order valence-corrected chi connectivity index (χ1v) is 6.29. The van der Waals surface area contributed by atoms with Gasteiger partial charge in [-0.1, -0.05) is 0 Å². The van der Waals surface area contributed by atoms with Crippen LogP contribution in [0.15, 0.2) is 12.5 Å². The summed E-state index contributed by atoms with van der Waals surface area (Å²) in [6.45, 7) is 7.21. The van der Waals surface area contributed by atoms with E-state index in [9.17, 15) is 0 Å². The molecule has 2 aromatic heterocycles. The van der Waals surface area contributed by atoms with Crippen molar-refractivity contribution < 1.29 is 4.74 Å². The van der Waals surface area contributed by atoms with Crippen molar-refractivity contribution in [3.8, 4) is 5.88 Å². The highest BCUT2D eigenvalue weighted by Crippen LogP contribution is 2.21. The van der Waals surface area contributed by atoms with Gasteiger partial charge in [-0.2, -0.15) is 5.10 Å². The summed E-state index contributed by atoms with van der Waals surface area (Å²) in [7, 11) is 1.93. The summed E-state index contributed by atoms with van der Waals surface area (Å²) < 4.78 is 7.31. The van der Waals surface area contributed by atoms with Crippen molar-refractivity contribution in [2.75, 3.05) is 11.9 Å². The third-order valence-corrected chi connectivity index (χ3v) is 3.10. The van der Waals surface area contributed by atoms with Crippen molar-refractivity contribution in [3.63, 3.8) is 0 Å². The lowest BCUT2D eigenvalue weighted by Gasteiger charge is -2.11. The van der Waals surface area contributed by atoms with Crippen LogP contribution in [-0.4, -0.2) is 26.4 Å². The Morgan fingerprint density at radius 2 is 2.11 bits per heavy atom. The first-order valence-electron chi connectivity index (χ1n) is 6.29. The van der Waals surface area contributed by atoms with Crippen molar-refractivity contribution in [1.29, 1.82) is 0 Å². The number of nitrogens with zero attached hydrogens (tertiary/aromatic N) is 4. The molecule has 0 aromatic carbocycles. The highest BCUT2D eigenvalue weighted by atomic mass is 16.5. The predicted molar refractivity (Wildman–Crippen MR) is 73.2 cm³/mol. The summed E-state index contributed by atoms with van der Waals surface area (Å²) in [6, 6.07) is 0. The van der Waals surface area contributed by atoms with E-state index in [1.54, 1.807) is 0 Å². The molecular weight excluding hydrogens is 242 g/mol. The maximum atomic E-state index is 5.45. The van der Waals surface area contributed by atoms with Crippen LogP contribution in [0.5, 0.6) is 5.88 Å². The van der Waals surface area contributed by atoms with Crippen LogP contribution in [0.2, 0.25) is 0 Å². The third kappa shape index (κ3) is 2.83. The predicted octanol–water partition coefficient (Wildman–Crippen LogP) is 1.84. The number of aryl methyl sites for hydroxylation is 1. The van der Waals surface area contributed by atoms with Gasteiger partial charge in [-0.05, 0) is 20.8 Å². The van der Waals surface area contributed by atoms with Crippen LogP contribution in [-0.2, 0) is 13.6 Å². The topological polar surface area (TPSA) is 64.9 Å². The maximum absolute atomic E-state index is 5.45. The molecule has 1 N–H and O–H groups in total. The lowest BCUT2D eigenvalue weighted by atomic mass is 10.2. The first-order chi connectivity index (χ1) is 9.13. The van der Waals surface area contributed by atoms with E-state index in [0.29, 0.717) is 19.0 Å². The van der Waals surface area contributed by atoms with Gasteiger partial charge in [0.05, 0.1) is 18.4 Å². The Labute approximate surface area is 112 Å². The van der Waals surface area contributed by atoms with E-state index in [4.69, 9.17) is 4.74 Å². The van der Waals surface area contributed by atoms with Gasteiger partial charge in [-0.25, -0.2) is 9.97 Å². The zero-order chi connectivity index (χ0) is 13.8. The van der Waals surface area contributed by atoms with E-state index in [1.165, 1.54) is 6.33 Å². The van der Waals surface area contributed by atoms with Gasteiger partial charge in [-0.3, -0.25) is 4.68 Å². The molecular formula is C13H19N5O. The fourth-order valence-corrected chi connectivity index (χ4v) is 1.79. The molecule has 6 heteroatoms. The van der Waals surface area contributed by atoms with Crippen LogP contribution in [0.3, 0.4) is 0 Å². The minimum absolute atomic E-state index is 0.596. The van der Waals surface area contributed by atoms with Crippen molar-refractivity contribution in [2.24, 2.45) is 7.05 Å². The lowest BCUT2D eigenvalue weighted by molar-refractivity contribution is 0.324. The zero-order valence-corrected chi connectivity index (χ0v) is 11.8. The van der Waals surface area contributed by atoms with Crippen LogP contribution < -0.4 is 10.1 Å². The number of hydrogen-bond acceptors (Lipinski definition) is 5. The fraction of sp³-hybridized carbons (Fsp3) is 0.462. The molecule has 0 aliphatic carbocycles. The molecule has 0 aliphatic heterocycles. The Morgan fingerprint density at radius 3 is 2.74 bits per heavy atom. The quantitative estimate of drug-likeness (QED) is 0.889. The number of nitrogens with one attached hydrogen (secondary N) is 1. The van der Waals surface area contributed by atoms with Crippen molar-refractivity contribution in [2.45, 2.75) is 27.3 Å². The normalized spacial score (nSPS) is 10.5. The zero-order valence-electron chi connectivity index (χ0n) is 11.8. The van der Waals surface area contributed by atoms with Crippen molar-refractivity contribution in [1.82, 2.24) is 19.7 Å². The average molecular weight is 261 g/mol. The van der Waals surface area contributed by atoms with Crippen LogP contribution >= 0.6 is 0 Å². The number of ether oxygens (including phenoxy) is 1. The Hall–Kier alpha value is -2.11. The molecule has 0 saturated heterocycles. The van der Waals surface area contributed by atoms with Crippen molar-refractivity contribution >= 4 is 5.82 Å². The molecule has 0 aliphatic rings. The molecule has 2 heterocycles. The lowest BCUT2D eigenvalue weighted by Crippen LogP contribution is -2.07. The Bertz CT molecular complexity index is 564. The first kappa shape index (κ1) is 13.3. The van der Waals surface area contributed by atoms with E-state index >= 15 is 0 Å². The Morgan fingerprint density at radius 1 is 1.32 bits per heavy atom. The molecule has 0 spiro atoms. The van der Waals surface area contributed by atoms with E-state index < -0.39 is 0 Å². The van der Waals surface area contributed by atoms with Gasteiger partial charge in [0.2, 0.25) is 5.88 Å². The van der Waals surface area contributed by atoms with Crippen LogP contribution in [0.1, 0.15) is 23.7 Å². The van der Waals surface area contributed by atoms with Crippen molar-refractivity contribution in [3.05, 3.63) is 29.3 Å². The summed E-state index contributed by atoms with van der Waals surface area (Å²) in [5, 5.41) is 7.51. The van der Waals surface area contributed by atoms with Gasteiger partial charge >= 0.3 is 0 Å². The minimum atomic E-state index is 0.596. The highest BCUT2D eigenvalue weighted by molar-refractivity contribution is 5.48. The fourth-order valence-electron chi connectivity index (χ4n) is 1.79. The summed E-state index contributed by atoms with van der Waals surface area (Å²) in [5.41, 5.74) is 3.22. The Kier molecular flexibility index (Phi) is 3.99. The molecule has 0 radical (unpaired) electrons. The molecule has 0 bridgehead atoms. The second kappa shape index (κ2) is 5.69. The van der Waals surface area contributed by atoms with Gasteiger partial charge in [-0.15, -0.1) is 0 Å². The number of rotatable bonds is 5. The molecule has 0 amide bonds. The maximum Gasteiger partial charge on any atom is 0.221 e. The monoisotopic (exact) mass is 261 g/mol. The SMILES string of the molecule is CCOc1ncnc(NCc2cnn(C)c2C)c1C. The molecule has 6 nitrogen and oxygen atoms in total. The Balaban J connectivity index is 2.11. The van der Waals surface area contributed by atoms with Gasteiger partial charge in [0.25, 0.3) is 0 Å². The van der Waals surface area contributed by atoms with Gasteiger partial charge < -0.3 is 10.1 Å². The van der Waals surface area contributed by atoms with Crippen LogP contribution in [0.25, 0.3) is 0 Å². The summed E-state index contributed by atoms with van der Waals surface area (Å²) in [4.78, 5) is 8.36. The highest BCUT2D eigenvalue weighted by Gasteiger charge is 2.09. The number of anilines is 1. The molecule has 0 fully saturated rings. The summed E-state index contributed by atoms with van der Waals surface area (Å²) in [5.74, 6) is 1.42. The second-order valence-electron chi connectivity index (χ2n) is 4.32. The van der Waals surface area contributed by atoms with E-state index in [0.717, 1.165) is 22.6 Å². The number of aromatic nitrogens is 4.